The Labute approximate surface area is 104 Å². The molecule has 0 radical (unpaired) electrons. The molecular weight excluding hydrogens is 240 g/mol. The molecule has 0 saturated heterocycles. The van der Waals surface area contributed by atoms with Gasteiger partial charge in [-0.15, -0.1) is 0 Å². The third-order valence-electron chi connectivity index (χ3n) is 2.68. The lowest BCUT2D eigenvalue weighted by atomic mass is 10.0. The standard InChI is InChI=1S/C11H24N2O3S/c1-5-11(3,4)13-10(14)9-12-7-8-17(15,16)6-2/h12H,5-9H2,1-4H3,(H,13,14). The third kappa shape index (κ3) is 8.15. The Morgan fingerprint density at radius 1 is 1.24 bits per heavy atom. The van der Waals surface area contributed by atoms with Crippen molar-refractivity contribution >= 4 is 15.7 Å². The fraction of sp³-hybridized carbons (Fsp3) is 0.909. The molecule has 0 aromatic rings. The Hall–Kier alpha value is -0.620. The maximum absolute atomic E-state index is 11.5. The zero-order valence-corrected chi connectivity index (χ0v) is 12.0. The second-order valence-corrected chi connectivity index (χ2v) is 7.17. The number of sulfone groups is 1. The molecule has 0 bridgehead atoms. The van der Waals surface area contributed by atoms with E-state index in [0.29, 0.717) is 6.54 Å². The Morgan fingerprint density at radius 3 is 2.29 bits per heavy atom. The van der Waals surface area contributed by atoms with Gasteiger partial charge < -0.3 is 10.6 Å². The summed E-state index contributed by atoms with van der Waals surface area (Å²) in [6.07, 6.45) is 0.850. The highest BCUT2D eigenvalue weighted by molar-refractivity contribution is 7.91. The van der Waals surface area contributed by atoms with Crippen molar-refractivity contribution in [2.24, 2.45) is 0 Å². The van der Waals surface area contributed by atoms with E-state index in [1.807, 2.05) is 20.8 Å². The molecule has 0 aliphatic carbocycles. The molecule has 0 aromatic heterocycles. The lowest BCUT2D eigenvalue weighted by Gasteiger charge is -2.24. The SMILES string of the molecule is CCC(C)(C)NC(=O)CNCCS(=O)(=O)CC. The van der Waals surface area contributed by atoms with Gasteiger partial charge in [0, 0.05) is 17.8 Å². The van der Waals surface area contributed by atoms with Crippen LogP contribution < -0.4 is 10.6 Å². The maximum atomic E-state index is 11.5. The number of carbonyl (C=O) groups excluding carboxylic acids is 1. The molecule has 0 aromatic carbocycles. The largest absolute Gasteiger partial charge is 0.350 e. The second-order valence-electron chi connectivity index (χ2n) is 4.70. The van der Waals surface area contributed by atoms with Gasteiger partial charge >= 0.3 is 0 Å². The summed E-state index contributed by atoms with van der Waals surface area (Å²) in [5.41, 5.74) is -0.214. The number of rotatable bonds is 8. The molecule has 0 aliphatic heterocycles. The monoisotopic (exact) mass is 264 g/mol. The maximum Gasteiger partial charge on any atom is 0.234 e. The van der Waals surface area contributed by atoms with Gasteiger partial charge in [0.05, 0.1) is 12.3 Å². The molecule has 0 saturated carbocycles. The van der Waals surface area contributed by atoms with Gasteiger partial charge in [0.25, 0.3) is 0 Å². The Balaban J connectivity index is 3.81. The predicted molar refractivity (Wildman–Crippen MR) is 69.7 cm³/mol. The Morgan fingerprint density at radius 2 is 1.82 bits per heavy atom. The van der Waals surface area contributed by atoms with E-state index in [2.05, 4.69) is 10.6 Å². The molecule has 102 valence electrons. The summed E-state index contributed by atoms with van der Waals surface area (Å²) in [6, 6.07) is 0. The second kappa shape index (κ2) is 6.96. The first-order chi connectivity index (χ1) is 7.72. The highest BCUT2D eigenvalue weighted by Crippen LogP contribution is 2.05. The molecule has 5 nitrogen and oxygen atoms in total. The summed E-state index contributed by atoms with van der Waals surface area (Å²) >= 11 is 0. The van der Waals surface area contributed by atoms with Crippen LogP contribution in [-0.4, -0.2) is 44.5 Å². The van der Waals surface area contributed by atoms with E-state index in [1.54, 1.807) is 6.92 Å². The molecule has 0 heterocycles. The van der Waals surface area contributed by atoms with Crippen LogP contribution in [0.25, 0.3) is 0 Å². The zero-order valence-electron chi connectivity index (χ0n) is 11.2. The van der Waals surface area contributed by atoms with Crippen LogP contribution in [0.1, 0.15) is 34.1 Å². The molecule has 0 spiro atoms. The summed E-state index contributed by atoms with van der Waals surface area (Å²) in [7, 11) is -2.95. The van der Waals surface area contributed by atoms with Crippen molar-refractivity contribution in [1.82, 2.24) is 10.6 Å². The summed E-state index contributed by atoms with van der Waals surface area (Å²) in [5.74, 6) is 0.114. The highest BCUT2D eigenvalue weighted by Gasteiger charge is 2.17. The van der Waals surface area contributed by atoms with Crippen LogP contribution in [0.3, 0.4) is 0 Å². The van der Waals surface area contributed by atoms with E-state index in [4.69, 9.17) is 0 Å². The van der Waals surface area contributed by atoms with E-state index < -0.39 is 9.84 Å². The minimum atomic E-state index is -2.95. The number of amides is 1. The first-order valence-electron chi connectivity index (χ1n) is 5.94. The summed E-state index contributed by atoms with van der Waals surface area (Å²) < 4.78 is 22.4. The molecular formula is C11H24N2O3S. The van der Waals surface area contributed by atoms with E-state index in [9.17, 15) is 13.2 Å². The quantitative estimate of drug-likeness (QED) is 0.619. The average molecular weight is 264 g/mol. The van der Waals surface area contributed by atoms with Crippen LogP contribution >= 0.6 is 0 Å². The average Bonchev–Trinajstić information content (AvgIpc) is 2.24. The van der Waals surface area contributed by atoms with Crippen molar-refractivity contribution in [3.63, 3.8) is 0 Å². The molecule has 0 unspecified atom stereocenters. The lowest BCUT2D eigenvalue weighted by molar-refractivity contribution is -0.121. The van der Waals surface area contributed by atoms with Crippen LogP contribution in [-0.2, 0) is 14.6 Å². The number of nitrogens with one attached hydrogen (secondary N) is 2. The summed E-state index contributed by atoms with van der Waals surface area (Å²) in [6.45, 7) is 7.99. The van der Waals surface area contributed by atoms with E-state index in [-0.39, 0.29) is 29.5 Å². The van der Waals surface area contributed by atoms with Crippen molar-refractivity contribution in [3.8, 4) is 0 Å². The molecule has 0 fully saturated rings. The van der Waals surface area contributed by atoms with Gasteiger partial charge in [-0.2, -0.15) is 0 Å². The van der Waals surface area contributed by atoms with Crippen molar-refractivity contribution in [2.45, 2.75) is 39.7 Å². The van der Waals surface area contributed by atoms with Crippen molar-refractivity contribution < 1.29 is 13.2 Å². The summed E-state index contributed by atoms with van der Waals surface area (Å²) in [5, 5.41) is 5.70. The molecule has 0 rings (SSSR count). The molecule has 0 aliphatic rings. The minimum absolute atomic E-state index is 0.0773. The predicted octanol–water partition coefficient (Wildman–Crippen LogP) is 0.316. The fourth-order valence-corrected chi connectivity index (χ4v) is 1.83. The normalized spacial score (nSPS) is 12.5. The van der Waals surface area contributed by atoms with Crippen molar-refractivity contribution in [2.75, 3.05) is 24.6 Å². The topological polar surface area (TPSA) is 75.3 Å². The first-order valence-corrected chi connectivity index (χ1v) is 7.76. The number of hydrogen-bond donors (Lipinski definition) is 2. The minimum Gasteiger partial charge on any atom is -0.350 e. The van der Waals surface area contributed by atoms with Crippen LogP contribution in [0.5, 0.6) is 0 Å². The fourth-order valence-electron chi connectivity index (χ4n) is 1.08. The number of carbonyl (C=O) groups is 1. The third-order valence-corrected chi connectivity index (χ3v) is 4.38. The van der Waals surface area contributed by atoms with Gasteiger partial charge in [0.2, 0.25) is 5.91 Å². The van der Waals surface area contributed by atoms with Gasteiger partial charge in [0.15, 0.2) is 9.84 Å². The molecule has 6 heteroatoms. The molecule has 2 N–H and O–H groups in total. The van der Waals surface area contributed by atoms with E-state index in [1.165, 1.54) is 0 Å². The lowest BCUT2D eigenvalue weighted by Crippen LogP contribution is -2.46. The number of hydrogen-bond acceptors (Lipinski definition) is 4. The van der Waals surface area contributed by atoms with Crippen LogP contribution in [0.2, 0.25) is 0 Å². The Kier molecular flexibility index (Phi) is 6.70. The van der Waals surface area contributed by atoms with Crippen LogP contribution in [0, 0.1) is 0 Å². The van der Waals surface area contributed by atoms with Gasteiger partial charge in [-0.25, -0.2) is 8.42 Å². The van der Waals surface area contributed by atoms with E-state index >= 15 is 0 Å². The van der Waals surface area contributed by atoms with Gasteiger partial charge in [-0.1, -0.05) is 13.8 Å². The zero-order chi connectivity index (χ0) is 13.5. The van der Waals surface area contributed by atoms with Crippen molar-refractivity contribution in [3.05, 3.63) is 0 Å². The van der Waals surface area contributed by atoms with Gasteiger partial charge in [-0.3, -0.25) is 4.79 Å². The highest BCUT2D eigenvalue weighted by atomic mass is 32.2. The van der Waals surface area contributed by atoms with Crippen LogP contribution in [0.4, 0.5) is 0 Å². The van der Waals surface area contributed by atoms with Gasteiger partial charge in [0.1, 0.15) is 0 Å². The smallest absolute Gasteiger partial charge is 0.234 e. The molecule has 17 heavy (non-hydrogen) atoms. The first kappa shape index (κ1) is 16.4. The summed E-state index contributed by atoms with van der Waals surface area (Å²) in [4.78, 5) is 11.5. The molecule has 1 amide bonds. The van der Waals surface area contributed by atoms with E-state index in [0.717, 1.165) is 6.42 Å². The van der Waals surface area contributed by atoms with Crippen LogP contribution in [0.15, 0.2) is 0 Å². The van der Waals surface area contributed by atoms with Crippen molar-refractivity contribution in [1.29, 1.82) is 0 Å². The molecule has 0 atom stereocenters. The Bertz CT molecular complexity index is 337. The van der Waals surface area contributed by atoms with Gasteiger partial charge in [-0.05, 0) is 20.3 Å².